The highest BCUT2D eigenvalue weighted by Crippen LogP contribution is 2.31. The van der Waals surface area contributed by atoms with E-state index >= 15 is 0 Å². The maximum atomic E-state index is 5.70. The third kappa shape index (κ3) is 3.53. The van der Waals surface area contributed by atoms with Crippen molar-refractivity contribution in [3.05, 3.63) is 42.0 Å². The van der Waals surface area contributed by atoms with Crippen LogP contribution < -0.4 is 20.7 Å². The van der Waals surface area contributed by atoms with Crippen LogP contribution in [0.1, 0.15) is 23.9 Å². The molecule has 2 rings (SSSR count). The van der Waals surface area contributed by atoms with Gasteiger partial charge >= 0.3 is 0 Å². The number of imidazole rings is 1. The van der Waals surface area contributed by atoms with Gasteiger partial charge in [0.2, 0.25) is 0 Å². The summed E-state index contributed by atoms with van der Waals surface area (Å²) in [4.78, 5) is 4.33. The third-order valence-corrected chi connectivity index (χ3v) is 3.59. The molecular formula is C15H22N4O2. The summed E-state index contributed by atoms with van der Waals surface area (Å²) in [5.74, 6) is 8.14. The van der Waals surface area contributed by atoms with Gasteiger partial charge in [0, 0.05) is 31.9 Å². The number of hydrogen-bond donors (Lipinski definition) is 2. The molecule has 0 spiro atoms. The SMILES string of the molecule is COc1ccc(C(CCc2nccn2C)NN)cc1OC. The van der Waals surface area contributed by atoms with Gasteiger partial charge in [0.1, 0.15) is 5.82 Å². The molecule has 6 heteroatoms. The van der Waals surface area contributed by atoms with E-state index in [9.17, 15) is 0 Å². The van der Waals surface area contributed by atoms with Crippen molar-refractivity contribution in [3.8, 4) is 11.5 Å². The zero-order valence-corrected chi connectivity index (χ0v) is 12.7. The van der Waals surface area contributed by atoms with Gasteiger partial charge in [-0.1, -0.05) is 6.07 Å². The Hall–Kier alpha value is -2.05. The number of hydrazine groups is 1. The fourth-order valence-corrected chi connectivity index (χ4v) is 2.33. The molecule has 1 aromatic carbocycles. The zero-order valence-electron chi connectivity index (χ0n) is 12.7. The molecule has 1 unspecified atom stereocenters. The molecule has 21 heavy (non-hydrogen) atoms. The van der Waals surface area contributed by atoms with Crippen LogP contribution in [0.25, 0.3) is 0 Å². The Bertz CT molecular complexity index is 583. The molecule has 0 bridgehead atoms. The van der Waals surface area contributed by atoms with Gasteiger partial charge in [0.15, 0.2) is 11.5 Å². The first kappa shape index (κ1) is 15.3. The summed E-state index contributed by atoms with van der Waals surface area (Å²) in [5.41, 5.74) is 3.92. The van der Waals surface area contributed by atoms with Crippen molar-refractivity contribution in [2.75, 3.05) is 14.2 Å². The number of rotatable bonds is 7. The Morgan fingerprint density at radius 3 is 2.62 bits per heavy atom. The minimum absolute atomic E-state index is 0.0292. The van der Waals surface area contributed by atoms with E-state index in [4.69, 9.17) is 15.3 Å². The molecular weight excluding hydrogens is 268 g/mol. The average molecular weight is 290 g/mol. The molecule has 2 aromatic rings. The Morgan fingerprint density at radius 2 is 2.05 bits per heavy atom. The van der Waals surface area contributed by atoms with Crippen molar-refractivity contribution in [1.29, 1.82) is 0 Å². The van der Waals surface area contributed by atoms with Gasteiger partial charge in [-0.15, -0.1) is 0 Å². The first-order chi connectivity index (χ1) is 10.2. The monoisotopic (exact) mass is 290 g/mol. The van der Waals surface area contributed by atoms with Gasteiger partial charge in [0.25, 0.3) is 0 Å². The molecule has 1 heterocycles. The van der Waals surface area contributed by atoms with Crippen molar-refractivity contribution in [2.24, 2.45) is 12.9 Å². The highest BCUT2D eigenvalue weighted by atomic mass is 16.5. The molecule has 0 aliphatic rings. The molecule has 0 amide bonds. The van der Waals surface area contributed by atoms with E-state index in [0.29, 0.717) is 11.5 Å². The van der Waals surface area contributed by atoms with E-state index in [0.717, 1.165) is 24.2 Å². The summed E-state index contributed by atoms with van der Waals surface area (Å²) in [5, 5.41) is 0. The highest BCUT2D eigenvalue weighted by Gasteiger charge is 2.14. The molecule has 6 nitrogen and oxygen atoms in total. The fourth-order valence-electron chi connectivity index (χ4n) is 2.33. The number of benzene rings is 1. The molecule has 0 fully saturated rings. The number of methoxy groups -OCH3 is 2. The maximum absolute atomic E-state index is 5.70. The molecule has 0 aliphatic carbocycles. The molecule has 1 aromatic heterocycles. The fraction of sp³-hybridized carbons (Fsp3) is 0.400. The predicted molar refractivity (Wildman–Crippen MR) is 81.1 cm³/mol. The Kier molecular flexibility index (Phi) is 5.19. The van der Waals surface area contributed by atoms with E-state index in [1.807, 2.05) is 36.0 Å². The van der Waals surface area contributed by atoms with Crippen LogP contribution in [0.5, 0.6) is 11.5 Å². The Labute approximate surface area is 124 Å². The molecule has 0 radical (unpaired) electrons. The van der Waals surface area contributed by atoms with Gasteiger partial charge in [-0.3, -0.25) is 11.3 Å². The predicted octanol–water partition coefficient (Wildman–Crippen LogP) is 1.57. The zero-order chi connectivity index (χ0) is 15.2. The number of aromatic nitrogens is 2. The molecule has 114 valence electrons. The van der Waals surface area contributed by atoms with Crippen LogP contribution in [0.3, 0.4) is 0 Å². The van der Waals surface area contributed by atoms with Gasteiger partial charge < -0.3 is 14.0 Å². The molecule has 0 aliphatic heterocycles. The van der Waals surface area contributed by atoms with Crippen molar-refractivity contribution in [2.45, 2.75) is 18.9 Å². The topological polar surface area (TPSA) is 74.3 Å². The van der Waals surface area contributed by atoms with E-state index < -0.39 is 0 Å². The lowest BCUT2D eigenvalue weighted by molar-refractivity contribution is 0.353. The summed E-state index contributed by atoms with van der Waals surface area (Å²) in [7, 11) is 5.24. The summed E-state index contributed by atoms with van der Waals surface area (Å²) in [6.45, 7) is 0. The number of nitrogens with two attached hydrogens (primary N) is 1. The second kappa shape index (κ2) is 7.10. The Balaban J connectivity index is 2.12. The maximum Gasteiger partial charge on any atom is 0.161 e. The number of hydrogen-bond acceptors (Lipinski definition) is 5. The number of ether oxygens (including phenoxy) is 2. The second-order valence-electron chi connectivity index (χ2n) is 4.83. The lowest BCUT2D eigenvalue weighted by Gasteiger charge is -2.18. The summed E-state index contributed by atoms with van der Waals surface area (Å²) in [6.07, 6.45) is 5.43. The Morgan fingerprint density at radius 1 is 1.29 bits per heavy atom. The lowest BCUT2D eigenvalue weighted by atomic mass is 10.0. The minimum atomic E-state index is 0.0292. The lowest BCUT2D eigenvalue weighted by Crippen LogP contribution is -2.28. The van der Waals surface area contributed by atoms with Crippen LogP contribution in [0, 0.1) is 0 Å². The quantitative estimate of drug-likeness (QED) is 0.598. The summed E-state index contributed by atoms with van der Waals surface area (Å²) < 4.78 is 12.6. The van der Waals surface area contributed by atoms with Gasteiger partial charge in [0.05, 0.1) is 14.2 Å². The normalized spacial score (nSPS) is 12.2. The van der Waals surface area contributed by atoms with Crippen molar-refractivity contribution in [3.63, 3.8) is 0 Å². The minimum Gasteiger partial charge on any atom is -0.493 e. The van der Waals surface area contributed by atoms with Gasteiger partial charge in [-0.05, 0) is 24.1 Å². The van der Waals surface area contributed by atoms with Crippen LogP contribution in [-0.2, 0) is 13.5 Å². The van der Waals surface area contributed by atoms with E-state index in [1.165, 1.54) is 0 Å². The molecule has 0 saturated carbocycles. The summed E-state index contributed by atoms with van der Waals surface area (Å²) in [6, 6.07) is 5.85. The van der Waals surface area contributed by atoms with Crippen LogP contribution >= 0.6 is 0 Å². The number of nitrogens with one attached hydrogen (secondary N) is 1. The van der Waals surface area contributed by atoms with Crippen LogP contribution in [0.4, 0.5) is 0 Å². The van der Waals surface area contributed by atoms with Crippen molar-refractivity contribution < 1.29 is 9.47 Å². The van der Waals surface area contributed by atoms with E-state index in [2.05, 4.69) is 10.4 Å². The van der Waals surface area contributed by atoms with E-state index in [-0.39, 0.29) is 6.04 Å². The first-order valence-corrected chi connectivity index (χ1v) is 6.83. The third-order valence-electron chi connectivity index (χ3n) is 3.59. The van der Waals surface area contributed by atoms with Crippen molar-refractivity contribution in [1.82, 2.24) is 15.0 Å². The highest BCUT2D eigenvalue weighted by molar-refractivity contribution is 5.43. The summed E-state index contributed by atoms with van der Waals surface area (Å²) >= 11 is 0. The molecule has 1 atom stereocenters. The average Bonchev–Trinajstić information content (AvgIpc) is 2.93. The first-order valence-electron chi connectivity index (χ1n) is 6.83. The number of nitrogens with zero attached hydrogens (tertiary/aromatic N) is 2. The van der Waals surface area contributed by atoms with Crippen LogP contribution in [0.15, 0.2) is 30.6 Å². The van der Waals surface area contributed by atoms with Crippen LogP contribution in [0.2, 0.25) is 0 Å². The standard InChI is InChI=1S/C15H22N4O2/c1-19-9-8-17-15(19)7-5-12(18-16)11-4-6-13(20-2)14(10-11)21-3/h4,6,8-10,12,18H,5,7,16H2,1-3H3. The molecule has 3 N–H and O–H groups in total. The second-order valence-corrected chi connectivity index (χ2v) is 4.83. The molecule has 0 saturated heterocycles. The smallest absolute Gasteiger partial charge is 0.161 e. The van der Waals surface area contributed by atoms with Crippen LogP contribution in [-0.4, -0.2) is 23.8 Å². The van der Waals surface area contributed by atoms with E-state index in [1.54, 1.807) is 20.4 Å². The van der Waals surface area contributed by atoms with Gasteiger partial charge in [-0.25, -0.2) is 4.98 Å². The van der Waals surface area contributed by atoms with Crippen molar-refractivity contribution >= 4 is 0 Å². The van der Waals surface area contributed by atoms with Gasteiger partial charge in [-0.2, -0.15) is 0 Å². The largest absolute Gasteiger partial charge is 0.493 e. The number of aryl methyl sites for hydroxylation is 2.